The highest BCUT2D eigenvalue weighted by Crippen LogP contribution is 2.34. The highest BCUT2D eigenvalue weighted by atomic mass is 127. The molecule has 1 aliphatic heterocycles. The first-order valence-electron chi connectivity index (χ1n) is 11.2. The predicted octanol–water partition coefficient (Wildman–Crippen LogP) is 4.25. The lowest BCUT2D eigenvalue weighted by molar-refractivity contribution is -0.130. The van der Waals surface area contributed by atoms with Gasteiger partial charge in [0.15, 0.2) is 23.0 Å². The van der Waals surface area contributed by atoms with E-state index in [0.717, 1.165) is 11.3 Å². The molecule has 186 valence electrons. The van der Waals surface area contributed by atoms with Crippen LogP contribution in [0.1, 0.15) is 38.3 Å². The van der Waals surface area contributed by atoms with Gasteiger partial charge < -0.3 is 19.3 Å². The molecule has 1 aliphatic rings. The summed E-state index contributed by atoms with van der Waals surface area (Å²) in [6.07, 6.45) is 2.21. The third-order valence-corrected chi connectivity index (χ3v) is 5.78. The summed E-state index contributed by atoms with van der Waals surface area (Å²) in [5, 5.41) is 12.4. The number of nitrogens with one attached hydrogen (secondary N) is 1. The lowest BCUT2D eigenvalue weighted by Gasteiger charge is -2.26. The van der Waals surface area contributed by atoms with E-state index >= 15 is 0 Å². The molecule has 9 nitrogen and oxygen atoms in total. The number of nitrogens with zero attached hydrogens (tertiary/aromatic N) is 1. The topological polar surface area (TPSA) is 114 Å². The molecule has 2 aromatic carbocycles. The number of phenolic OH excluding ortho intramolecular Hbond substituents is 1. The number of hydrogen-bond donors (Lipinski definition) is 2. The molecule has 10 heteroatoms. The van der Waals surface area contributed by atoms with Gasteiger partial charge in [-0.25, -0.2) is 4.79 Å². The molecule has 0 atom stereocenters. The van der Waals surface area contributed by atoms with E-state index in [9.17, 15) is 19.5 Å². The number of rotatable bonds is 10. The Kier molecular flexibility index (Phi) is 8.96. The molecule has 1 fully saturated rings. The summed E-state index contributed by atoms with van der Waals surface area (Å²) >= 11 is 1.93. The average molecular weight is 594 g/mol. The zero-order chi connectivity index (χ0) is 25.5. The largest absolute Gasteiger partial charge is 0.504 e. The Hall–Kier alpha value is -3.28. The maximum atomic E-state index is 13.2. The Balaban J connectivity index is 1.90. The van der Waals surface area contributed by atoms with Crippen molar-refractivity contribution < 1.29 is 33.7 Å². The second-order valence-electron chi connectivity index (χ2n) is 7.55. The van der Waals surface area contributed by atoms with Gasteiger partial charge in [-0.3, -0.25) is 19.8 Å². The van der Waals surface area contributed by atoms with Gasteiger partial charge in [0.1, 0.15) is 5.57 Å². The van der Waals surface area contributed by atoms with Crippen molar-refractivity contribution in [3.63, 3.8) is 0 Å². The van der Waals surface area contributed by atoms with Crippen molar-refractivity contribution in [3.05, 3.63) is 50.6 Å². The number of benzene rings is 2. The summed E-state index contributed by atoms with van der Waals surface area (Å²) in [6, 6.07) is 7.51. The van der Waals surface area contributed by atoms with Crippen LogP contribution in [-0.2, 0) is 16.1 Å². The van der Waals surface area contributed by atoms with E-state index in [2.05, 4.69) is 5.32 Å². The number of carbonyl (C=O) groups is 3. The molecule has 0 aliphatic carbocycles. The van der Waals surface area contributed by atoms with Crippen LogP contribution in [0.3, 0.4) is 0 Å². The second kappa shape index (κ2) is 11.9. The lowest BCUT2D eigenvalue weighted by atomic mass is 10.1. The molecule has 0 radical (unpaired) electrons. The van der Waals surface area contributed by atoms with Crippen LogP contribution in [0.2, 0.25) is 0 Å². The number of hydrogen-bond acceptors (Lipinski definition) is 7. The van der Waals surface area contributed by atoms with Crippen LogP contribution in [0, 0.1) is 3.57 Å². The minimum Gasteiger partial charge on any atom is -0.504 e. The van der Waals surface area contributed by atoms with E-state index in [4.69, 9.17) is 14.2 Å². The van der Waals surface area contributed by atoms with Crippen molar-refractivity contribution in [3.8, 4) is 23.0 Å². The average Bonchev–Trinajstić information content (AvgIpc) is 2.82. The highest BCUT2D eigenvalue weighted by Gasteiger charge is 2.36. The Morgan fingerprint density at radius 3 is 2.37 bits per heavy atom. The Morgan fingerprint density at radius 2 is 1.69 bits per heavy atom. The Labute approximate surface area is 217 Å². The number of urea groups is 1. The van der Waals surface area contributed by atoms with E-state index in [1.54, 1.807) is 31.2 Å². The van der Waals surface area contributed by atoms with Crippen LogP contribution in [0.5, 0.6) is 23.0 Å². The first-order valence-corrected chi connectivity index (χ1v) is 12.3. The third-order valence-electron chi connectivity index (χ3n) is 4.96. The van der Waals surface area contributed by atoms with E-state index < -0.39 is 17.8 Å². The number of ether oxygens (including phenoxy) is 3. The number of halogens is 1. The predicted molar refractivity (Wildman–Crippen MR) is 137 cm³/mol. The van der Waals surface area contributed by atoms with Gasteiger partial charge in [0, 0.05) is 0 Å². The van der Waals surface area contributed by atoms with Crippen LogP contribution >= 0.6 is 22.6 Å². The summed E-state index contributed by atoms with van der Waals surface area (Å²) in [6.45, 7) is 6.84. The second-order valence-corrected chi connectivity index (χ2v) is 8.72. The molecular formula is C25H27IN2O7. The van der Waals surface area contributed by atoms with Gasteiger partial charge >= 0.3 is 6.03 Å². The molecule has 0 bridgehead atoms. The fraction of sp³-hybridized carbons (Fsp3) is 0.320. The van der Waals surface area contributed by atoms with Gasteiger partial charge in [-0.15, -0.1) is 0 Å². The fourth-order valence-corrected chi connectivity index (χ4v) is 4.01. The van der Waals surface area contributed by atoms with Crippen LogP contribution < -0.4 is 19.5 Å². The zero-order valence-corrected chi connectivity index (χ0v) is 21.9. The van der Waals surface area contributed by atoms with Crippen LogP contribution in [0.4, 0.5) is 4.79 Å². The van der Waals surface area contributed by atoms with Gasteiger partial charge in [0.25, 0.3) is 11.8 Å². The minimum atomic E-state index is -0.809. The summed E-state index contributed by atoms with van der Waals surface area (Å²) in [4.78, 5) is 39.1. The van der Waals surface area contributed by atoms with Gasteiger partial charge in [0.05, 0.1) is 29.9 Å². The Bertz CT molecular complexity index is 1160. The third kappa shape index (κ3) is 6.24. The number of aromatic hydroxyl groups is 1. The van der Waals surface area contributed by atoms with Crippen molar-refractivity contribution in [1.82, 2.24) is 10.2 Å². The van der Waals surface area contributed by atoms with Gasteiger partial charge in [0.2, 0.25) is 0 Å². The molecule has 2 N–H and O–H groups in total. The molecule has 0 unspecified atom stereocenters. The van der Waals surface area contributed by atoms with Gasteiger partial charge in [-0.05, 0) is 84.3 Å². The van der Waals surface area contributed by atoms with E-state index in [1.807, 2.05) is 36.4 Å². The Morgan fingerprint density at radius 1 is 0.971 bits per heavy atom. The van der Waals surface area contributed by atoms with Crippen molar-refractivity contribution >= 4 is 46.5 Å². The van der Waals surface area contributed by atoms with Crippen LogP contribution in [-0.4, -0.2) is 47.7 Å². The SMILES string of the molecule is CCCOc1ccc(CN2C(=O)NC(=O)/C(=C\c3cc(I)c(O)c(OCC)c3)C2=O)cc1OCC. The smallest absolute Gasteiger partial charge is 0.331 e. The molecule has 35 heavy (non-hydrogen) atoms. The molecule has 0 saturated carbocycles. The summed E-state index contributed by atoms with van der Waals surface area (Å²) in [5.74, 6) is -0.231. The van der Waals surface area contributed by atoms with Crippen molar-refractivity contribution in [2.75, 3.05) is 19.8 Å². The molecule has 3 rings (SSSR count). The minimum absolute atomic E-state index is 0.0257. The maximum Gasteiger partial charge on any atom is 0.331 e. The molecule has 2 aromatic rings. The summed E-state index contributed by atoms with van der Waals surface area (Å²) < 4.78 is 17.3. The molecular weight excluding hydrogens is 567 g/mol. The van der Waals surface area contributed by atoms with Crippen molar-refractivity contribution in [2.45, 2.75) is 33.7 Å². The summed E-state index contributed by atoms with van der Waals surface area (Å²) in [5.41, 5.74) is 0.897. The van der Waals surface area contributed by atoms with E-state index in [1.165, 1.54) is 12.1 Å². The normalized spacial score (nSPS) is 14.8. The molecule has 1 heterocycles. The first kappa shape index (κ1) is 26.3. The van der Waals surface area contributed by atoms with Crippen molar-refractivity contribution in [2.24, 2.45) is 0 Å². The van der Waals surface area contributed by atoms with Crippen molar-refractivity contribution in [1.29, 1.82) is 0 Å². The number of barbiturate groups is 1. The molecule has 0 spiro atoms. The zero-order valence-electron chi connectivity index (χ0n) is 19.7. The van der Waals surface area contributed by atoms with Crippen LogP contribution in [0.25, 0.3) is 6.08 Å². The molecule has 1 saturated heterocycles. The highest BCUT2D eigenvalue weighted by molar-refractivity contribution is 14.1. The standard InChI is InChI=1S/C25H27IN2O7/c1-4-9-35-19-8-7-15(12-20(19)33-5-2)14-28-24(31)17(23(30)27-25(28)32)10-16-11-18(26)22(29)21(13-16)34-6-3/h7-8,10-13,29H,4-6,9,14H2,1-3H3,(H,27,30,32)/b17-10+. The number of amides is 4. The lowest BCUT2D eigenvalue weighted by Crippen LogP contribution is -2.53. The van der Waals surface area contributed by atoms with Crippen LogP contribution in [0.15, 0.2) is 35.9 Å². The van der Waals surface area contributed by atoms with E-state index in [0.29, 0.717) is 46.0 Å². The quantitative estimate of drug-likeness (QED) is 0.240. The van der Waals surface area contributed by atoms with Gasteiger partial charge in [-0.2, -0.15) is 0 Å². The molecule has 4 amide bonds. The summed E-state index contributed by atoms with van der Waals surface area (Å²) in [7, 11) is 0. The fourth-order valence-electron chi connectivity index (χ4n) is 3.38. The number of imide groups is 2. The van der Waals surface area contributed by atoms with E-state index in [-0.39, 0.29) is 23.6 Å². The van der Waals surface area contributed by atoms with Gasteiger partial charge in [-0.1, -0.05) is 13.0 Å². The number of carbonyl (C=O) groups excluding carboxylic acids is 3. The monoisotopic (exact) mass is 594 g/mol. The first-order chi connectivity index (χ1) is 16.8. The number of phenols is 1. The maximum absolute atomic E-state index is 13.2. The molecule has 0 aromatic heterocycles.